The van der Waals surface area contributed by atoms with Crippen LogP contribution in [0.1, 0.15) is 18.5 Å². The van der Waals surface area contributed by atoms with E-state index in [0.717, 1.165) is 11.1 Å². The number of ether oxygens (including phenoxy) is 1. The van der Waals surface area contributed by atoms with Crippen molar-refractivity contribution in [2.45, 2.75) is 13.0 Å². The molecule has 2 unspecified atom stereocenters. The number of carbonyl (C=O) groups is 1. The third-order valence-corrected chi connectivity index (χ3v) is 5.78. The van der Waals surface area contributed by atoms with Crippen LogP contribution in [-0.2, 0) is 4.79 Å². The van der Waals surface area contributed by atoms with Gasteiger partial charge >= 0.3 is 0 Å². The second kappa shape index (κ2) is 8.90. The lowest BCUT2D eigenvalue weighted by molar-refractivity contribution is -0.118. The van der Waals surface area contributed by atoms with E-state index in [9.17, 15) is 9.18 Å². The highest BCUT2D eigenvalue weighted by atomic mass is 19.1. The molecule has 0 bridgehead atoms. The van der Waals surface area contributed by atoms with Crippen molar-refractivity contribution in [3.63, 3.8) is 0 Å². The highest BCUT2D eigenvalue weighted by molar-refractivity contribution is 6.10. The second-order valence-corrected chi connectivity index (χ2v) is 7.99. The lowest BCUT2D eigenvalue weighted by atomic mass is 9.87. The number of amides is 1. The van der Waals surface area contributed by atoms with Gasteiger partial charge in [0.15, 0.2) is 5.82 Å². The van der Waals surface area contributed by atoms with Crippen LogP contribution in [0.25, 0.3) is 11.4 Å². The highest BCUT2D eigenvalue weighted by Crippen LogP contribution is 2.38. The van der Waals surface area contributed by atoms with Gasteiger partial charge in [-0.3, -0.25) is 4.79 Å². The Balaban J connectivity index is 1.60. The molecule has 4 aromatic rings. The first-order valence-corrected chi connectivity index (χ1v) is 10.8. The third-order valence-electron chi connectivity index (χ3n) is 5.78. The fraction of sp³-hybridized carbons (Fsp3) is 0.154. The van der Waals surface area contributed by atoms with Gasteiger partial charge in [0.05, 0.1) is 13.2 Å². The molecule has 2 heterocycles. The predicted octanol–water partition coefficient (Wildman–Crippen LogP) is 5.04. The largest absolute Gasteiger partial charge is 0.497 e. The minimum Gasteiger partial charge on any atom is -0.497 e. The summed E-state index contributed by atoms with van der Waals surface area (Å²) >= 11 is 0. The van der Waals surface area contributed by atoms with Crippen LogP contribution in [0, 0.1) is 11.7 Å². The maximum Gasteiger partial charge on any atom is 0.248 e. The molecule has 5 rings (SSSR count). The molecule has 34 heavy (non-hydrogen) atoms. The number of carbonyl (C=O) groups excluding carboxylic acids is 1. The molecule has 1 N–H and O–H groups in total. The van der Waals surface area contributed by atoms with Gasteiger partial charge in [-0.05, 0) is 48.9 Å². The van der Waals surface area contributed by atoms with E-state index in [-0.39, 0.29) is 11.7 Å². The highest BCUT2D eigenvalue weighted by Gasteiger charge is 2.39. The Hall–Kier alpha value is -4.33. The summed E-state index contributed by atoms with van der Waals surface area (Å²) in [6.45, 7) is 1.81. The molecule has 0 fully saturated rings. The lowest BCUT2D eigenvalue weighted by Gasteiger charge is -2.30. The molecule has 0 aliphatic carbocycles. The zero-order chi connectivity index (χ0) is 23.7. The number of aliphatic imine (C=N–C) groups is 1. The molecule has 8 heteroatoms. The van der Waals surface area contributed by atoms with Crippen LogP contribution in [0.2, 0.25) is 0 Å². The van der Waals surface area contributed by atoms with Crippen LogP contribution < -0.4 is 10.1 Å². The number of hydrogen-bond donors (Lipinski definition) is 1. The zero-order valence-electron chi connectivity index (χ0n) is 18.6. The van der Waals surface area contributed by atoms with Crippen molar-refractivity contribution >= 4 is 23.3 Å². The number of anilines is 1. The summed E-state index contributed by atoms with van der Waals surface area (Å²) in [6.07, 6.45) is 0. The fourth-order valence-corrected chi connectivity index (χ4v) is 4.13. The first kappa shape index (κ1) is 21.5. The van der Waals surface area contributed by atoms with Crippen molar-refractivity contribution < 1.29 is 13.9 Å². The van der Waals surface area contributed by atoms with Crippen LogP contribution in [0.5, 0.6) is 5.75 Å². The third kappa shape index (κ3) is 4.05. The fourth-order valence-electron chi connectivity index (χ4n) is 4.13. The van der Waals surface area contributed by atoms with Gasteiger partial charge in [-0.1, -0.05) is 42.5 Å². The second-order valence-electron chi connectivity index (χ2n) is 7.99. The van der Waals surface area contributed by atoms with E-state index in [1.165, 1.54) is 24.3 Å². The number of fused-ring (bicyclic) bond motifs is 1. The maximum atomic E-state index is 13.5. The Morgan fingerprint density at radius 3 is 2.53 bits per heavy atom. The van der Waals surface area contributed by atoms with E-state index in [1.807, 2.05) is 61.5 Å². The Morgan fingerprint density at radius 1 is 1.03 bits per heavy atom. The number of nitrogens with one attached hydrogen (secondary N) is 1. The standard InChI is InChI=1S/C26H22FN5O2/c1-16-22(25(33)29-20-13-11-19(27)12-14-20)23(18-9-6-10-21(15-18)34-2)32-26(28-16)30-24(31-32)17-7-4-3-5-8-17/h3-15,22-23H,1-2H3,(H,29,33). The molecule has 0 saturated carbocycles. The summed E-state index contributed by atoms with van der Waals surface area (Å²) < 4.78 is 20.5. The molecule has 1 aliphatic heterocycles. The van der Waals surface area contributed by atoms with Gasteiger partial charge in [-0.25, -0.2) is 14.1 Å². The van der Waals surface area contributed by atoms with Crippen molar-refractivity contribution in [1.82, 2.24) is 14.8 Å². The molecule has 1 aromatic heterocycles. The normalized spacial score (nSPS) is 17.0. The van der Waals surface area contributed by atoms with Gasteiger partial charge in [0.2, 0.25) is 11.9 Å². The summed E-state index contributed by atoms with van der Waals surface area (Å²) in [5.41, 5.74) is 2.79. The topological polar surface area (TPSA) is 81.4 Å². The minimum atomic E-state index is -0.671. The van der Waals surface area contributed by atoms with Gasteiger partial charge in [-0.2, -0.15) is 4.98 Å². The Morgan fingerprint density at radius 2 is 1.79 bits per heavy atom. The zero-order valence-corrected chi connectivity index (χ0v) is 18.6. The predicted molar refractivity (Wildman–Crippen MR) is 128 cm³/mol. The molecule has 1 aliphatic rings. The number of benzene rings is 3. The Labute approximate surface area is 195 Å². The van der Waals surface area contributed by atoms with E-state index in [0.29, 0.717) is 28.9 Å². The first-order valence-electron chi connectivity index (χ1n) is 10.8. The van der Waals surface area contributed by atoms with E-state index in [1.54, 1.807) is 11.8 Å². The van der Waals surface area contributed by atoms with Crippen molar-refractivity contribution in [1.29, 1.82) is 0 Å². The van der Waals surface area contributed by atoms with Crippen LogP contribution in [-0.4, -0.2) is 33.5 Å². The molecule has 0 radical (unpaired) electrons. The number of rotatable bonds is 5. The average molecular weight is 455 g/mol. The summed E-state index contributed by atoms with van der Waals surface area (Å²) in [6, 6.07) is 22.3. The van der Waals surface area contributed by atoms with Crippen molar-refractivity contribution in [2.24, 2.45) is 10.9 Å². The Bertz CT molecular complexity index is 1370. The van der Waals surface area contributed by atoms with E-state index in [4.69, 9.17) is 9.84 Å². The molecule has 2 atom stereocenters. The number of aromatic nitrogens is 3. The first-order chi connectivity index (χ1) is 16.5. The Kier molecular flexibility index (Phi) is 5.63. The molecular weight excluding hydrogens is 433 g/mol. The van der Waals surface area contributed by atoms with Crippen LogP contribution in [0.4, 0.5) is 16.0 Å². The van der Waals surface area contributed by atoms with Crippen LogP contribution >= 0.6 is 0 Å². The lowest BCUT2D eigenvalue weighted by Crippen LogP contribution is -2.39. The molecule has 0 saturated heterocycles. The summed E-state index contributed by atoms with van der Waals surface area (Å²) in [4.78, 5) is 22.8. The van der Waals surface area contributed by atoms with Gasteiger partial charge in [0.1, 0.15) is 17.5 Å². The average Bonchev–Trinajstić information content (AvgIpc) is 3.28. The smallest absolute Gasteiger partial charge is 0.248 e. The van der Waals surface area contributed by atoms with E-state index >= 15 is 0 Å². The van der Waals surface area contributed by atoms with Crippen molar-refractivity contribution in [3.8, 4) is 17.1 Å². The van der Waals surface area contributed by atoms with E-state index < -0.39 is 12.0 Å². The molecule has 1 amide bonds. The number of nitrogens with zero attached hydrogens (tertiary/aromatic N) is 4. The molecular formula is C26H22FN5O2. The number of halogens is 1. The van der Waals surface area contributed by atoms with Gasteiger partial charge < -0.3 is 10.1 Å². The van der Waals surface area contributed by atoms with Crippen LogP contribution in [0.15, 0.2) is 83.9 Å². The maximum absolute atomic E-state index is 13.5. The van der Waals surface area contributed by atoms with Crippen LogP contribution in [0.3, 0.4) is 0 Å². The van der Waals surface area contributed by atoms with Crippen molar-refractivity contribution in [3.05, 3.63) is 90.2 Å². The quantitative estimate of drug-likeness (QED) is 0.457. The van der Waals surface area contributed by atoms with Gasteiger partial charge in [0, 0.05) is 17.0 Å². The number of hydrogen-bond acceptors (Lipinski definition) is 5. The summed E-state index contributed by atoms with van der Waals surface area (Å²) in [5, 5.41) is 7.64. The van der Waals surface area contributed by atoms with E-state index in [2.05, 4.69) is 15.3 Å². The monoisotopic (exact) mass is 455 g/mol. The van der Waals surface area contributed by atoms with Gasteiger partial charge in [0.25, 0.3) is 0 Å². The SMILES string of the molecule is COc1cccc(C2C(C(=O)Nc3ccc(F)cc3)C(C)=Nc3nc(-c4ccccc4)nn32)c1. The molecule has 3 aromatic carbocycles. The van der Waals surface area contributed by atoms with Crippen molar-refractivity contribution in [2.75, 3.05) is 12.4 Å². The molecule has 7 nitrogen and oxygen atoms in total. The summed E-state index contributed by atoms with van der Waals surface area (Å²) in [5.74, 6) is 0.302. The molecule has 170 valence electrons. The molecule has 0 spiro atoms. The van der Waals surface area contributed by atoms with Gasteiger partial charge in [-0.15, -0.1) is 5.10 Å². The number of methoxy groups -OCH3 is 1. The minimum absolute atomic E-state index is 0.275. The summed E-state index contributed by atoms with van der Waals surface area (Å²) in [7, 11) is 1.60.